The minimum atomic E-state index is 0.216. The molecule has 0 radical (unpaired) electrons. The second-order valence-electron chi connectivity index (χ2n) is 5.42. The minimum Gasteiger partial charge on any atom is -0.486 e. The molecule has 1 N–H and O–H groups in total. The molecule has 0 fully saturated rings. The first-order chi connectivity index (χ1) is 10.7. The highest BCUT2D eigenvalue weighted by Gasteiger charge is 2.13. The van der Waals surface area contributed by atoms with Crippen molar-refractivity contribution in [1.29, 1.82) is 0 Å². The van der Waals surface area contributed by atoms with Gasteiger partial charge < -0.3 is 19.7 Å². The quantitative estimate of drug-likeness (QED) is 0.802. The Kier molecular flexibility index (Phi) is 6.37. The van der Waals surface area contributed by atoms with E-state index in [0.717, 1.165) is 43.1 Å². The Morgan fingerprint density at radius 1 is 1.14 bits per heavy atom. The lowest BCUT2D eigenvalue weighted by atomic mass is 10.2. The van der Waals surface area contributed by atoms with Gasteiger partial charge in [0.25, 0.3) is 0 Å². The van der Waals surface area contributed by atoms with Crippen LogP contribution in [-0.4, -0.2) is 43.7 Å². The molecular formula is C17H26N2O3. The topological polar surface area (TPSA) is 50.8 Å². The Hall–Kier alpha value is -1.91. The molecule has 1 aliphatic rings. The van der Waals surface area contributed by atoms with Gasteiger partial charge in [0.15, 0.2) is 11.5 Å². The van der Waals surface area contributed by atoms with E-state index >= 15 is 0 Å². The molecule has 1 amide bonds. The maximum atomic E-state index is 12.2. The second-order valence-corrected chi connectivity index (χ2v) is 5.42. The van der Waals surface area contributed by atoms with Crippen LogP contribution in [0.15, 0.2) is 18.2 Å². The lowest BCUT2D eigenvalue weighted by Gasteiger charge is -2.22. The van der Waals surface area contributed by atoms with E-state index in [4.69, 9.17) is 9.47 Å². The molecule has 0 atom stereocenters. The van der Waals surface area contributed by atoms with Gasteiger partial charge in [-0.25, -0.2) is 0 Å². The van der Waals surface area contributed by atoms with Gasteiger partial charge in [-0.2, -0.15) is 0 Å². The highest BCUT2D eigenvalue weighted by molar-refractivity contribution is 5.76. The van der Waals surface area contributed by atoms with Gasteiger partial charge in [0, 0.05) is 37.8 Å². The summed E-state index contributed by atoms with van der Waals surface area (Å²) in [4.78, 5) is 14.1. The molecule has 0 bridgehead atoms. The molecule has 1 heterocycles. The van der Waals surface area contributed by atoms with Crippen molar-refractivity contribution in [1.82, 2.24) is 4.90 Å². The molecular weight excluding hydrogens is 280 g/mol. The molecule has 1 aromatic carbocycles. The molecule has 1 aliphatic heterocycles. The minimum absolute atomic E-state index is 0.216. The standard InChI is InChI=1S/C17H26N2O3/c1-3-9-19(10-4-2)17(20)7-8-18-14-5-6-15-16(13-14)22-12-11-21-15/h5-6,13,18H,3-4,7-12H2,1-2H3. The molecule has 2 rings (SSSR count). The van der Waals surface area contributed by atoms with Crippen molar-refractivity contribution in [3.8, 4) is 11.5 Å². The zero-order valence-electron chi connectivity index (χ0n) is 13.6. The van der Waals surface area contributed by atoms with Crippen LogP contribution in [-0.2, 0) is 4.79 Å². The molecule has 0 saturated heterocycles. The van der Waals surface area contributed by atoms with Gasteiger partial charge in [-0.3, -0.25) is 4.79 Å². The molecule has 5 heteroatoms. The molecule has 22 heavy (non-hydrogen) atoms. The van der Waals surface area contributed by atoms with Crippen LogP contribution in [0.5, 0.6) is 11.5 Å². The van der Waals surface area contributed by atoms with Gasteiger partial charge in [-0.1, -0.05) is 13.8 Å². The Morgan fingerprint density at radius 3 is 2.50 bits per heavy atom. The number of hydrogen-bond donors (Lipinski definition) is 1. The van der Waals surface area contributed by atoms with E-state index in [1.807, 2.05) is 23.1 Å². The van der Waals surface area contributed by atoms with Crippen molar-refractivity contribution >= 4 is 11.6 Å². The van der Waals surface area contributed by atoms with Gasteiger partial charge in [0.05, 0.1) is 0 Å². The number of carbonyl (C=O) groups is 1. The summed E-state index contributed by atoms with van der Waals surface area (Å²) in [5, 5.41) is 3.28. The second kappa shape index (κ2) is 8.51. The van der Waals surface area contributed by atoms with E-state index in [-0.39, 0.29) is 5.91 Å². The average molecular weight is 306 g/mol. The lowest BCUT2D eigenvalue weighted by molar-refractivity contribution is -0.131. The summed E-state index contributed by atoms with van der Waals surface area (Å²) in [5.74, 6) is 1.76. The summed E-state index contributed by atoms with van der Waals surface area (Å²) in [6, 6.07) is 5.78. The van der Waals surface area contributed by atoms with Crippen LogP contribution >= 0.6 is 0 Å². The largest absolute Gasteiger partial charge is 0.486 e. The fourth-order valence-electron chi connectivity index (χ4n) is 2.53. The van der Waals surface area contributed by atoms with Crippen LogP contribution in [0.2, 0.25) is 0 Å². The van der Waals surface area contributed by atoms with E-state index < -0.39 is 0 Å². The fraction of sp³-hybridized carbons (Fsp3) is 0.588. The number of hydrogen-bond acceptors (Lipinski definition) is 4. The molecule has 0 unspecified atom stereocenters. The number of carbonyl (C=O) groups excluding carboxylic acids is 1. The van der Waals surface area contributed by atoms with Gasteiger partial charge >= 0.3 is 0 Å². The Balaban J connectivity index is 1.81. The first kappa shape index (κ1) is 16.5. The lowest BCUT2D eigenvalue weighted by Crippen LogP contribution is -2.33. The van der Waals surface area contributed by atoms with Crippen molar-refractivity contribution in [2.24, 2.45) is 0 Å². The Morgan fingerprint density at radius 2 is 1.82 bits per heavy atom. The van der Waals surface area contributed by atoms with E-state index in [9.17, 15) is 4.79 Å². The highest BCUT2D eigenvalue weighted by atomic mass is 16.6. The van der Waals surface area contributed by atoms with Gasteiger partial charge in [-0.05, 0) is 25.0 Å². The first-order valence-corrected chi connectivity index (χ1v) is 8.16. The number of ether oxygens (including phenoxy) is 2. The predicted octanol–water partition coefficient (Wildman–Crippen LogP) is 2.91. The van der Waals surface area contributed by atoms with Crippen molar-refractivity contribution in [2.45, 2.75) is 33.1 Å². The van der Waals surface area contributed by atoms with Crippen LogP contribution < -0.4 is 14.8 Å². The van der Waals surface area contributed by atoms with Crippen LogP contribution in [0.1, 0.15) is 33.1 Å². The third kappa shape index (κ3) is 4.55. The molecule has 0 spiro atoms. The predicted molar refractivity (Wildman–Crippen MR) is 87.7 cm³/mol. The smallest absolute Gasteiger partial charge is 0.224 e. The monoisotopic (exact) mass is 306 g/mol. The van der Waals surface area contributed by atoms with E-state index in [1.165, 1.54) is 0 Å². The maximum absolute atomic E-state index is 12.2. The molecule has 1 aromatic rings. The number of nitrogens with one attached hydrogen (secondary N) is 1. The van der Waals surface area contributed by atoms with Gasteiger partial charge in [0.2, 0.25) is 5.91 Å². The van der Waals surface area contributed by atoms with Crippen molar-refractivity contribution in [2.75, 3.05) is 38.2 Å². The van der Waals surface area contributed by atoms with Crippen LogP contribution in [0.3, 0.4) is 0 Å². The normalized spacial score (nSPS) is 12.8. The third-order valence-electron chi connectivity index (χ3n) is 3.55. The summed E-state index contributed by atoms with van der Waals surface area (Å²) in [5.41, 5.74) is 0.953. The van der Waals surface area contributed by atoms with E-state index in [1.54, 1.807) is 0 Å². The molecule has 122 valence electrons. The summed E-state index contributed by atoms with van der Waals surface area (Å²) in [7, 11) is 0. The zero-order chi connectivity index (χ0) is 15.8. The number of anilines is 1. The molecule has 5 nitrogen and oxygen atoms in total. The average Bonchev–Trinajstić information content (AvgIpc) is 2.54. The highest BCUT2D eigenvalue weighted by Crippen LogP contribution is 2.32. The summed E-state index contributed by atoms with van der Waals surface area (Å²) >= 11 is 0. The van der Waals surface area contributed by atoms with Crippen molar-refractivity contribution in [3.05, 3.63) is 18.2 Å². The fourth-order valence-corrected chi connectivity index (χ4v) is 2.53. The van der Waals surface area contributed by atoms with Crippen molar-refractivity contribution in [3.63, 3.8) is 0 Å². The van der Waals surface area contributed by atoms with E-state index in [0.29, 0.717) is 26.2 Å². The molecule has 0 saturated carbocycles. The number of nitrogens with zero attached hydrogens (tertiary/aromatic N) is 1. The third-order valence-corrected chi connectivity index (χ3v) is 3.55. The van der Waals surface area contributed by atoms with E-state index in [2.05, 4.69) is 19.2 Å². The Labute approximate surface area is 132 Å². The molecule has 0 aromatic heterocycles. The maximum Gasteiger partial charge on any atom is 0.224 e. The SMILES string of the molecule is CCCN(CCC)C(=O)CCNc1ccc2c(c1)OCCO2. The summed E-state index contributed by atoms with van der Waals surface area (Å²) in [6.07, 6.45) is 2.51. The summed E-state index contributed by atoms with van der Waals surface area (Å²) < 4.78 is 11.0. The van der Waals surface area contributed by atoms with Crippen LogP contribution in [0.4, 0.5) is 5.69 Å². The molecule has 0 aliphatic carbocycles. The number of benzene rings is 1. The number of rotatable bonds is 8. The Bertz CT molecular complexity index is 485. The van der Waals surface area contributed by atoms with Gasteiger partial charge in [-0.15, -0.1) is 0 Å². The first-order valence-electron chi connectivity index (χ1n) is 8.16. The number of fused-ring (bicyclic) bond motifs is 1. The van der Waals surface area contributed by atoms with Gasteiger partial charge in [0.1, 0.15) is 13.2 Å². The summed E-state index contributed by atoms with van der Waals surface area (Å²) in [6.45, 7) is 7.69. The number of amides is 1. The zero-order valence-corrected chi connectivity index (χ0v) is 13.6. The van der Waals surface area contributed by atoms with Crippen LogP contribution in [0, 0.1) is 0 Å². The van der Waals surface area contributed by atoms with Crippen LogP contribution in [0.25, 0.3) is 0 Å². The van der Waals surface area contributed by atoms with Crippen molar-refractivity contribution < 1.29 is 14.3 Å².